The van der Waals surface area contributed by atoms with E-state index in [1.807, 2.05) is 0 Å². The number of carbonyl (C=O) groups excluding carboxylic acids is 1. The van der Waals surface area contributed by atoms with E-state index in [0.717, 1.165) is 19.4 Å². The number of nitro benzene ring substituents is 1. The van der Waals surface area contributed by atoms with Crippen molar-refractivity contribution < 1.29 is 19.2 Å². The summed E-state index contributed by atoms with van der Waals surface area (Å²) in [5.74, 6) is 1.02. The predicted molar refractivity (Wildman–Crippen MR) is 99.5 cm³/mol. The Morgan fingerprint density at radius 2 is 2.00 bits per heavy atom. The minimum atomic E-state index is -0.535. The average Bonchev–Trinajstić information content (AvgIpc) is 3.20. The van der Waals surface area contributed by atoms with Gasteiger partial charge in [-0.15, -0.1) is 0 Å². The molecule has 1 fully saturated rings. The van der Waals surface area contributed by atoms with E-state index in [-0.39, 0.29) is 23.0 Å². The van der Waals surface area contributed by atoms with Crippen molar-refractivity contribution in [3.05, 3.63) is 58.1 Å². The van der Waals surface area contributed by atoms with Gasteiger partial charge in [0.05, 0.1) is 17.6 Å². The Morgan fingerprint density at radius 1 is 1.26 bits per heavy atom. The molecule has 3 rings (SSSR count). The molecule has 27 heavy (non-hydrogen) atoms. The molecule has 1 unspecified atom stereocenters. The van der Waals surface area contributed by atoms with Crippen molar-refractivity contribution in [3.8, 4) is 17.2 Å². The Kier molecular flexibility index (Phi) is 5.87. The van der Waals surface area contributed by atoms with Gasteiger partial charge in [-0.3, -0.25) is 14.9 Å². The smallest absolute Gasteiger partial charge is 0.270 e. The number of amides is 1. The zero-order chi connectivity index (χ0) is 19.2. The summed E-state index contributed by atoms with van der Waals surface area (Å²) in [5, 5.41) is 17.2. The molecule has 2 aromatic rings. The third-order valence-electron chi connectivity index (χ3n) is 4.38. The molecule has 0 aliphatic carbocycles. The zero-order valence-corrected chi connectivity index (χ0v) is 14.9. The van der Waals surface area contributed by atoms with Crippen LogP contribution in [0.1, 0.15) is 23.2 Å². The summed E-state index contributed by atoms with van der Waals surface area (Å²) in [4.78, 5) is 23.2. The summed E-state index contributed by atoms with van der Waals surface area (Å²) in [6.45, 7) is 1.40. The van der Waals surface area contributed by atoms with Crippen LogP contribution in [0.25, 0.3) is 0 Å². The Balaban J connectivity index is 1.80. The summed E-state index contributed by atoms with van der Waals surface area (Å²) in [5.41, 5.74) is -0.0424. The molecule has 0 radical (unpaired) electrons. The number of nitrogens with one attached hydrogen (secondary N) is 2. The SMILES string of the molecule is COc1ccc(Oc2ccc([N+](=O)[O-])cc2C(=O)NCC2CCCN2)cc1. The fraction of sp³-hybridized carbons (Fsp3) is 0.316. The first kappa shape index (κ1) is 18.7. The number of hydrogen-bond donors (Lipinski definition) is 2. The number of methoxy groups -OCH3 is 1. The van der Waals surface area contributed by atoms with Crippen LogP contribution < -0.4 is 20.1 Å². The van der Waals surface area contributed by atoms with Crippen molar-refractivity contribution in [2.24, 2.45) is 0 Å². The van der Waals surface area contributed by atoms with Gasteiger partial charge in [0.1, 0.15) is 17.2 Å². The second kappa shape index (κ2) is 8.50. The van der Waals surface area contributed by atoms with E-state index in [4.69, 9.17) is 9.47 Å². The standard InChI is InChI=1S/C19H21N3O5/c1-26-15-5-7-16(8-6-15)27-18-9-4-14(22(24)25)11-17(18)19(23)21-12-13-3-2-10-20-13/h4-9,11,13,20H,2-3,10,12H2,1H3,(H,21,23). The quantitative estimate of drug-likeness (QED) is 0.573. The maximum absolute atomic E-state index is 12.6. The molecule has 8 heteroatoms. The Morgan fingerprint density at radius 3 is 2.63 bits per heavy atom. The maximum Gasteiger partial charge on any atom is 0.270 e. The van der Waals surface area contributed by atoms with Crippen LogP contribution in [0.3, 0.4) is 0 Å². The lowest BCUT2D eigenvalue weighted by Crippen LogP contribution is -2.37. The van der Waals surface area contributed by atoms with Gasteiger partial charge in [0.25, 0.3) is 11.6 Å². The summed E-state index contributed by atoms with van der Waals surface area (Å²) in [6, 6.07) is 11.1. The lowest BCUT2D eigenvalue weighted by atomic mass is 10.1. The largest absolute Gasteiger partial charge is 0.497 e. The molecule has 1 aliphatic heterocycles. The van der Waals surface area contributed by atoms with E-state index in [0.29, 0.717) is 18.0 Å². The molecule has 0 bridgehead atoms. The summed E-state index contributed by atoms with van der Waals surface area (Å²) >= 11 is 0. The highest BCUT2D eigenvalue weighted by atomic mass is 16.6. The van der Waals surface area contributed by atoms with Crippen LogP contribution >= 0.6 is 0 Å². The minimum Gasteiger partial charge on any atom is -0.497 e. The molecule has 2 N–H and O–H groups in total. The van der Waals surface area contributed by atoms with Crippen molar-refractivity contribution in [1.29, 1.82) is 0 Å². The molecule has 0 aromatic heterocycles. The van der Waals surface area contributed by atoms with Crippen LogP contribution in [-0.4, -0.2) is 37.1 Å². The van der Waals surface area contributed by atoms with Crippen LogP contribution in [0.15, 0.2) is 42.5 Å². The van der Waals surface area contributed by atoms with Crippen LogP contribution in [0, 0.1) is 10.1 Å². The fourth-order valence-electron chi connectivity index (χ4n) is 2.91. The minimum absolute atomic E-state index is 0.123. The molecular formula is C19H21N3O5. The van der Waals surface area contributed by atoms with Crippen molar-refractivity contribution in [1.82, 2.24) is 10.6 Å². The van der Waals surface area contributed by atoms with Gasteiger partial charge in [0, 0.05) is 24.7 Å². The molecule has 8 nitrogen and oxygen atoms in total. The van der Waals surface area contributed by atoms with Gasteiger partial charge >= 0.3 is 0 Å². The predicted octanol–water partition coefficient (Wildman–Crippen LogP) is 2.88. The molecule has 1 heterocycles. The topological polar surface area (TPSA) is 103 Å². The number of non-ortho nitro benzene ring substituents is 1. The fourth-order valence-corrected chi connectivity index (χ4v) is 2.91. The molecule has 1 amide bonds. The number of hydrogen-bond acceptors (Lipinski definition) is 6. The van der Waals surface area contributed by atoms with Gasteiger partial charge in [0.2, 0.25) is 0 Å². The van der Waals surface area contributed by atoms with E-state index in [9.17, 15) is 14.9 Å². The highest BCUT2D eigenvalue weighted by Crippen LogP contribution is 2.29. The van der Waals surface area contributed by atoms with Gasteiger partial charge in [-0.2, -0.15) is 0 Å². The van der Waals surface area contributed by atoms with E-state index < -0.39 is 10.8 Å². The highest BCUT2D eigenvalue weighted by molar-refractivity contribution is 5.97. The molecular weight excluding hydrogens is 350 g/mol. The van der Waals surface area contributed by atoms with Crippen LogP contribution in [0.2, 0.25) is 0 Å². The zero-order valence-electron chi connectivity index (χ0n) is 14.9. The van der Waals surface area contributed by atoms with E-state index in [1.165, 1.54) is 18.2 Å². The average molecular weight is 371 g/mol. The number of ether oxygens (including phenoxy) is 2. The van der Waals surface area contributed by atoms with Crippen LogP contribution in [-0.2, 0) is 0 Å². The lowest BCUT2D eigenvalue weighted by molar-refractivity contribution is -0.384. The van der Waals surface area contributed by atoms with E-state index in [2.05, 4.69) is 10.6 Å². The molecule has 1 atom stereocenters. The van der Waals surface area contributed by atoms with Crippen LogP contribution in [0.5, 0.6) is 17.2 Å². The number of nitrogens with zero attached hydrogens (tertiary/aromatic N) is 1. The molecule has 1 aliphatic rings. The van der Waals surface area contributed by atoms with Crippen molar-refractivity contribution in [2.45, 2.75) is 18.9 Å². The maximum atomic E-state index is 12.6. The normalized spacial score (nSPS) is 16.0. The molecule has 142 valence electrons. The lowest BCUT2D eigenvalue weighted by Gasteiger charge is -2.14. The van der Waals surface area contributed by atoms with Gasteiger partial charge in [-0.25, -0.2) is 0 Å². The second-order valence-electron chi connectivity index (χ2n) is 6.22. The second-order valence-corrected chi connectivity index (χ2v) is 6.22. The Hall–Kier alpha value is -3.13. The van der Waals surface area contributed by atoms with E-state index in [1.54, 1.807) is 31.4 Å². The van der Waals surface area contributed by atoms with E-state index >= 15 is 0 Å². The van der Waals surface area contributed by atoms with Crippen LogP contribution in [0.4, 0.5) is 5.69 Å². The molecule has 2 aromatic carbocycles. The van der Waals surface area contributed by atoms with Gasteiger partial charge in [-0.05, 0) is 49.7 Å². The summed E-state index contributed by atoms with van der Waals surface area (Å²) in [7, 11) is 1.56. The highest BCUT2D eigenvalue weighted by Gasteiger charge is 2.20. The van der Waals surface area contributed by atoms with Gasteiger partial charge < -0.3 is 20.1 Å². The summed E-state index contributed by atoms with van der Waals surface area (Å²) in [6.07, 6.45) is 2.06. The number of benzene rings is 2. The number of nitro groups is 1. The first-order chi connectivity index (χ1) is 13.1. The monoisotopic (exact) mass is 371 g/mol. The number of carbonyl (C=O) groups is 1. The van der Waals surface area contributed by atoms with Crippen molar-refractivity contribution in [2.75, 3.05) is 20.2 Å². The van der Waals surface area contributed by atoms with Crippen molar-refractivity contribution >= 4 is 11.6 Å². The third kappa shape index (κ3) is 4.73. The molecule has 1 saturated heterocycles. The Labute approximate surface area is 156 Å². The van der Waals surface area contributed by atoms with Gasteiger partial charge in [0.15, 0.2) is 0 Å². The first-order valence-corrected chi connectivity index (χ1v) is 8.69. The molecule has 0 saturated carbocycles. The molecule has 0 spiro atoms. The Bertz CT molecular complexity index is 817. The summed E-state index contributed by atoms with van der Waals surface area (Å²) < 4.78 is 10.9. The third-order valence-corrected chi connectivity index (χ3v) is 4.38. The van der Waals surface area contributed by atoms with Gasteiger partial charge in [-0.1, -0.05) is 0 Å². The number of rotatable bonds is 7. The first-order valence-electron chi connectivity index (χ1n) is 8.69. The van der Waals surface area contributed by atoms with Crippen molar-refractivity contribution in [3.63, 3.8) is 0 Å².